The van der Waals surface area contributed by atoms with Gasteiger partial charge in [0.25, 0.3) is 0 Å². The SMILES string of the molecule is CCC(=O)N(Cc1cccc(Br)c1)[C@@H](C)C(=O)N[C@H](C)CC. The zero-order valence-corrected chi connectivity index (χ0v) is 15.3. The summed E-state index contributed by atoms with van der Waals surface area (Å²) >= 11 is 3.43. The maximum atomic E-state index is 12.3. The molecule has 22 heavy (non-hydrogen) atoms. The van der Waals surface area contributed by atoms with Gasteiger partial charge in [-0.2, -0.15) is 0 Å². The molecule has 5 heteroatoms. The van der Waals surface area contributed by atoms with Crippen molar-refractivity contribution in [1.29, 1.82) is 0 Å². The highest BCUT2D eigenvalue weighted by Crippen LogP contribution is 2.16. The van der Waals surface area contributed by atoms with Crippen LogP contribution in [0.2, 0.25) is 0 Å². The van der Waals surface area contributed by atoms with E-state index in [-0.39, 0.29) is 17.9 Å². The highest BCUT2D eigenvalue weighted by molar-refractivity contribution is 9.10. The molecule has 2 amide bonds. The van der Waals surface area contributed by atoms with Crippen molar-refractivity contribution in [3.8, 4) is 0 Å². The third kappa shape index (κ3) is 5.44. The summed E-state index contributed by atoms with van der Waals surface area (Å²) < 4.78 is 0.964. The van der Waals surface area contributed by atoms with E-state index in [9.17, 15) is 9.59 Å². The summed E-state index contributed by atoms with van der Waals surface area (Å²) in [5.41, 5.74) is 0.999. The van der Waals surface area contributed by atoms with Gasteiger partial charge in [-0.05, 0) is 38.0 Å². The fourth-order valence-electron chi connectivity index (χ4n) is 2.08. The van der Waals surface area contributed by atoms with Crippen molar-refractivity contribution < 1.29 is 9.59 Å². The zero-order chi connectivity index (χ0) is 16.7. The quantitative estimate of drug-likeness (QED) is 0.800. The Morgan fingerprint density at radius 1 is 1.27 bits per heavy atom. The molecule has 1 N–H and O–H groups in total. The first-order valence-corrected chi connectivity index (χ1v) is 8.52. The monoisotopic (exact) mass is 368 g/mol. The standard InChI is InChI=1S/C17H25BrN2O2/c1-5-12(3)19-17(22)13(4)20(16(21)6-2)11-14-8-7-9-15(18)10-14/h7-10,12-13H,5-6,11H2,1-4H3,(H,19,22)/t12-,13+/m1/s1. The van der Waals surface area contributed by atoms with E-state index in [1.165, 1.54) is 0 Å². The van der Waals surface area contributed by atoms with Crippen LogP contribution in [0.5, 0.6) is 0 Å². The minimum atomic E-state index is -0.486. The molecule has 4 nitrogen and oxygen atoms in total. The normalized spacial score (nSPS) is 13.3. The third-order valence-corrected chi connectivity index (χ3v) is 4.21. The Hall–Kier alpha value is -1.36. The van der Waals surface area contributed by atoms with Gasteiger partial charge in [-0.25, -0.2) is 0 Å². The Kier molecular flexibility index (Phi) is 7.59. The predicted molar refractivity (Wildman–Crippen MR) is 92.3 cm³/mol. The van der Waals surface area contributed by atoms with Gasteiger partial charge in [0, 0.05) is 23.5 Å². The van der Waals surface area contributed by atoms with Crippen LogP contribution in [-0.2, 0) is 16.1 Å². The topological polar surface area (TPSA) is 49.4 Å². The minimum absolute atomic E-state index is 0.0215. The first-order valence-electron chi connectivity index (χ1n) is 7.73. The Labute approximate surface area is 141 Å². The molecule has 1 aromatic carbocycles. The molecule has 0 aliphatic heterocycles. The van der Waals surface area contributed by atoms with Gasteiger partial charge in [-0.1, -0.05) is 41.9 Å². The third-order valence-electron chi connectivity index (χ3n) is 3.71. The highest BCUT2D eigenvalue weighted by Gasteiger charge is 2.25. The van der Waals surface area contributed by atoms with Gasteiger partial charge in [0.05, 0.1) is 0 Å². The van der Waals surface area contributed by atoms with Gasteiger partial charge in [-0.15, -0.1) is 0 Å². The van der Waals surface area contributed by atoms with Crippen molar-refractivity contribution in [1.82, 2.24) is 10.2 Å². The summed E-state index contributed by atoms with van der Waals surface area (Å²) in [7, 11) is 0. The van der Waals surface area contributed by atoms with Crippen LogP contribution < -0.4 is 5.32 Å². The Morgan fingerprint density at radius 3 is 2.50 bits per heavy atom. The van der Waals surface area contributed by atoms with Crippen LogP contribution in [0.3, 0.4) is 0 Å². The van der Waals surface area contributed by atoms with Gasteiger partial charge in [-0.3, -0.25) is 9.59 Å². The maximum Gasteiger partial charge on any atom is 0.242 e. The average molecular weight is 369 g/mol. The summed E-state index contributed by atoms with van der Waals surface area (Å²) in [6, 6.07) is 7.42. The maximum absolute atomic E-state index is 12.3. The van der Waals surface area contributed by atoms with E-state index in [4.69, 9.17) is 0 Å². The Balaban J connectivity index is 2.88. The molecule has 122 valence electrons. The first kappa shape index (κ1) is 18.7. The summed E-state index contributed by atoms with van der Waals surface area (Å²) in [5, 5.41) is 2.94. The van der Waals surface area contributed by atoms with E-state index < -0.39 is 6.04 Å². The second kappa shape index (κ2) is 8.93. The number of nitrogens with zero attached hydrogens (tertiary/aromatic N) is 1. The highest BCUT2D eigenvalue weighted by atomic mass is 79.9. The Bertz CT molecular complexity index is 519. The largest absolute Gasteiger partial charge is 0.352 e. The smallest absolute Gasteiger partial charge is 0.242 e. The number of halogens is 1. The van der Waals surface area contributed by atoms with Crippen molar-refractivity contribution in [2.45, 2.75) is 59.2 Å². The number of carbonyl (C=O) groups excluding carboxylic acids is 2. The first-order chi connectivity index (χ1) is 10.4. The summed E-state index contributed by atoms with van der Waals surface area (Å²) in [4.78, 5) is 26.2. The summed E-state index contributed by atoms with van der Waals surface area (Å²) in [6.07, 6.45) is 1.25. The average Bonchev–Trinajstić information content (AvgIpc) is 2.51. The van der Waals surface area contributed by atoms with Gasteiger partial charge in [0.1, 0.15) is 6.04 Å². The molecular formula is C17H25BrN2O2. The molecule has 0 saturated heterocycles. The molecule has 0 bridgehead atoms. The second-order valence-electron chi connectivity index (χ2n) is 5.50. The molecule has 0 saturated carbocycles. The van der Waals surface area contributed by atoms with E-state index in [1.54, 1.807) is 11.8 Å². The zero-order valence-electron chi connectivity index (χ0n) is 13.7. The number of hydrogen-bond acceptors (Lipinski definition) is 2. The van der Waals surface area contributed by atoms with Crippen molar-refractivity contribution in [2.24, 2.45) is 0 Å². The van der Waals surface area contributed by atoms with Crippen LogP contribution in [0.4, 0.5) is 0 Å². The van der Waals surface area contributed by atoms with Gasteiger partial charge < -0.3 is 10.2 Å². The van der Waals surface area contributed by atoms with Crippen molar-refractivity contribution in [2.75, 3.05) is 0 Å². The van der Waals surface area contributed by atoms with E-state index in [0.29, 0.717) is 13.0 Å². The molecule has 1 rings (SSSR count). The molecule has 0 aliphatic carbocycles. The molecule has 0 fully saturated rings. The van der Waals surface area contributed by atoms with Crippen molar-refractivity contribution >= 4 is 27.7 Å². The van der Waals surface area contributed by atoms with E-state index >= 15 is 0 Å². The number of hydrogen-bond donors (Lipinski definition) is 1. The number of benzene rings is 1. The van der Waals surface area contributed by atoms with Crippen LogP contribution in [0.15, 0.2) is 28.7 Å². The molecule has 0 radical (unpaired) electrons. The van der Waals surface area contributed by atoms with E-state index in [1.807, 2.05) is 45.0 Å². The van der Waals surface area contributed by atoms with Gasteiger partial charge >= 0.3 is 0 Å². The summed E-state index contributed by atoms with van der Waals surface area (Å²) in [5.74, 6) is -0.127. The molecule has 0 aliphatic rings. The molecule has 2 atom stereocenters. The lowest BCUT2D eigenvalue weighted by atomic mass is 10.1. The fourth-order valence-corrected chi connectivity index (χ4v) is 2.53. The molecule has 0 aromatic heterocycles. The van der Waals surface area contributed by atoms with Crippen LogP contribution in [0, 0.1) is 0 Å². The molecule has 0 heterocycles. The molecule has 0 unspecified atom stereocenters. The summed E-state index contributed by atoms with van der Waals surface area (Å²) in [6.45, 7) is 8.01. The van der Waals surface area contributed by atoms with Crippen molar-refractivity contribution in [3.05, 3.63) is 34.3 Å². The van der Waals surface area contributed by atoms with Crippen LogP contribution in [-0.4, -0.2) is 28.8 Å². The van der Waals surface area contributed by atoms with Crippen LogP contribution in [0.25, 0.3) is 0 Å². The Morgan fingerprint density at radius 2 is 1.95 bits per heavy atom. The van der Waals surface area contributed by atoms with Gasteiger partial charge in [0.2, 0.25) is 11.8 Å². The number of carbonyl (C=O) groups is 2. The lowest BCUT2D eigenvalue weighted by molar-refractivity contribution is -0.140. The minimum Gasteiger partial charge on any atom is -0.352 e. The lowest BCUT2D eigenvalue weighted by Crippen LogP contribution is -2.49. The second-order valence-corrected chi connectivity index (χ2v) is 6.41. The number of amides is 2. The lowest BCUT2D eigenvalue weighted by Gasteiger charge is -2.29. The molecular weight excluding hydrogens is 344 g/mol. The van der Waals surface area contributed by atoms with Gasteiger partial charge in [0.15, 0.2) is 0 Å². The number of rotatable bonds is 7. The fraction of sp³-hybridized carbons (Fsp3) is 0.529. The molecule has 0 spiro atoms. The van der Waals surface area contributed by atoms with E-state index in [2.05, 4.69) is 21.2 Å². The van der Waals surface area contributed by atoms with Crippen LogP contribution in [0.1, 0.15) is 46.1 Å². The predicted octanol–water partition coefficient (Wildman–Crippen LogP) is 3.49. The van der Waals surface area contributed by atoms with Crippen LogP contribution >= 0.6 is 15.9 Å². The molecule has 1 aromatic rings. The van der Waals surface area contributed by atoms with E-state index in [0.717, 1.165) is 16.5 Å². The number of nitrogens with one attached hydrogen (secondary N) is 1. The van der Waals surface area contributed by atoms with Crippen molar-refractivity contribution in [3.63, 3.8) is 0 Å².